The predicted octanol–water partition coefficient (Wildman–Crippen LogP) is 2.41. The number of hydrogen-bond donors (Lipinski definition) is 2. The van der Waals surface area contributed by atoms with Crippen molar-refractivity contribution >= 4 is 5.69 Å². The minimum absolute atomic E-state index is 0.0544. The van der Waals surface area contributed by atoms with Crippen molar-refractivity contribution in [1.82, 2.24) is 0 Å². The van der Waals surface area contributed by atoms with Crippen molar-refractivity contribution in [2.24, 2.45) is 11.1 Å². The Balaban J connectivity index is 2.93. The van der Waals surface area contributed by atoms with Gasteiger partial charge in [0, 0.05) is 12.1 Å². The average molecular weight is 252 g/mol. The highest BCUT2D eigenvalue weighted by atomic mass is 16.5. The van der Waals surface area contributed by atoms with Crippen LogP contribution in [0.3, 0.4) is 0 Å². The van der Waals surface area contributed by atoms with Gasteiger partial charge in [0.15, 0.2) is 0 Å². The van der Waals surface area contributed by atoms with E-state index in [4.69, 9.17) is 15.2 Å². The molecule has 0 saturated carbocycles. The molecule has 1 aromatic carbocycles. The smallest absolute Gasteiger partial charge is 0.148 e. The highest BCUT2D eigenvalue weighted by Gasteiger charge is 2.17. The zero-order valence-electron chi connectivity index (χ0n) is 12.0. The Kier molecular flexibility index (Phi) is 4.84. The van der Waals surface area contributed by atoms with Crippen molar-refractivity contribution in [3.63, 3.8) is 0 Å². The number of nitrogens with one attached hydrogen (secondary N) is 1. The standard InChI is InChI=1S/C14H24N2O2/c1-10-12(17-4)7-6-11(13(10)18-5)16-9-14(2,3)8-15/h6-7,16H,8-9,15H2,1-5H3. The molecule has 0 radical (unpaired) electrons. The van der Waals surface area contributed by atoms with E-state index in [1.807, 2.05) is 19.1 Å². The molecule has 0 fully saturated rings. The van der Waals surface area contributed by atoms with Gasteiger partial charge < -0.3 is 20.5 Å². The van der Waals surface area contributed by atoms with Gasteiger partial charge in [-0.05, 0) is 31.0 Å². The molecule has 0 unspecified atom stereocenters. The van der Waals surface area contributed by atoms with E-state index in [1.165, 1.54) is 0 Å². The van der Waals surface area contributed by atoms with Gasteiger partial charge in [-0.2, -0.15) is 0 Å². The molecule has 0 aliphatic heterocycles. The van der Waals surface area contributed by atoms with E-state index in [1.54, 1.807) is 14.2 Å². The van der Waals surface area contributed by atoms with Crippen LogP contribution in [-0.4, -0.2) is 27.3 Å². The summed E-state index contributed by atoms with van der Waals surface area (Å²) >= 11 is 0. The quantitative estimate of drug-likeness (QED) is 0.816. The molecule has 102 valence electrons. The van der Waals surface area contributed by atoms with Gasteiger partial charge in [0.2, 0.25) is 0 Å². The van der Waals surface area contributed by atoms with Gasteiger partial charge in [0.25, 0.3) is 0 Å². The lowest BCUT2D eigenvalue weighted by atomic mass is 9.94. The van der Waals surface area contributed by atoms with E-state index in [2.05, 4.69) is 19.2 Å². The Morgan fingerprint density at radius 1 is 1.22 bits per heavy atom. The van der Waals surface area contributed by atoms with Crippen LogP contribution < -0.4 is 20.5 Å². The third kappa shape index (κ3) is 3.29. The van der Waals surface area contributed by atoms with Gasteiger partial charge in [-0.3, -0.25) is 0 Å². The summed E-state index contributed by atoms with van der Waals surface area (Å²) in [5.41, 5.74) is 7.75. The van der Waals surface area contributed by atoms with Crippen LogP contribution in [0.15, 0.2) is 12.1 Å². The van der Waals surface area contributed by atoms with Crippen molar-refractivity contribution in [2.45, 2.75) is 20.8 Å². The molecule has 0 amide bonds. The molecule has 3 N–H and O–H groups in total. The normalized spacial score (nSPS) is 11.2. The molecule has 0 bridgehead atoms. The lowest BCUT2D eigenvalue weighted by molar-refractivity contribution is 0.386. The molecule has 0 heterocycles. The van der Waals surface area contributed by atoms with Gasteiger partial charge in [-0.15, -0.1) is 0 Å². The molecule has 4 heteroatoms. The first-order valence-corrected chi connectivity index (χ1v) is 6.10. The summed E-state index contributed by atoms with van der Waals surface area (Å²) in [6.45, 7) is 7.67. The van der Waals surface area contributed by atoms with Crippen LogP contribution >= 0.6 is 0 Å². The number of hydrogen-bond acceptors (Lipinski definition) is 4. The number of methoxy groups -OCH3 is 2. The fourth-order valence-electron chi connectivity index (χ4n) is 1.70. The van der Waals surface area contributed by atoms with Gasteiger partial charge in [-0.1, -0.05) is 13.8 Å². The van der Waals surface area contributed by atoms with E-state index in [0.717, 1.165) is 29.3 Å². The highest BCUT2D eigenvalue weighted by molar-refractivity contribution is 5.64. The van der Waals surface area contributed by atoms with Gasteiger partial charge in [0.1, 0.15) is 11.5 Å². The molecule has 18 heavy (non-hydrogen) atoms. The monoisotopic (exact) mass is 252 g/mol. The van der Waals surface area contributed by atoms with E-state index >= 15 is 0 Å². The Labute approximate surface area is 109 Å². The second kappa shape index (κ2) is 5.96. The third-order valence-corrected chi connectivity index (χ3v) is 3.09. The molecule has 1 rings (SSSR count). The van der Waals surface area contributed by atoms with Crippen molar-refractivity contribution in [2.75, 3.05) is 32.6 Å². The second-order valence-electron chi connectivity index (χ2n) is 5.20. The van der Waals surface area contributed by atoms with Crippen molar-refractivity contribution in [3.05, 3.63) is 17.7 Å². The SMILES string of the molecule is COc1ccc(NCC(C)(C)CN)c(OC)c1C. The Morgan fingerprint density at radius 3 is 2.39 bits per heavy atom. The molecular formula is C14H24N2O2. The van der Waals surface area contributed by atoms with Gasteiger partial charge in [0.05, 0.1) is 19.9 Å². The Hall–Kier alpha value is -1.42. The number of anilines is 1. The van der Waals surface area contributed by atoms with Crippen molar-refractivity contribution < 1.29 is 9.47 Å². The van der Waals surface area contributed by atoms with Crippen LogP contribution in [0.1, 0.15) is 19.4 Å². The summed E-state index contributed by atoms with van der Waals surface area (Å²) in [6, 6.07) is 3.91. The lowest BCUT2D eigenvalue weighted by Gasteiger charge is -2.24. The molecule has 0 aliphatic carbocycles. The maximum absolute atomic E-state index is 5.73. The molecule has 4 nitrogen and oxygen atoms in total. The Bertz CT molecular complexity index is 403. The largest absolute Gasteiger partial charge is 0.496 e. The zero-order chi connectivity index (χ0) is 13.8. The topological polar surface area (TPSA) is 56.5 Å². The second-order valence-corrected chi connectivity index (χ2v) is 5.20. The first-order chi connectivity index (χ1) is 8.45. The molecular weight excluding hydrogens is 228 g/mol. The first kappa shape index (κ1) is 14.6. The summed E-state index contributed by atoms with van der Waals surface area (Å²) in [7, 11) is 3.33. The summed E-state index contributed by atoms with van der Waals surface area (Å²) in [5, 5.41) is 3.39. The number of nitrogens with two attached hydrogens (primary N) is 1. The van der Waals surface area contributed by atoms with Gasteiger partial charge in [-0.25, -0.2) is 0 Å². The highest BCUT2D eigenvalue weighted by Crippen LogP contribution is 2.35. The van der Waals surface area contributed by atoms with Crippen LogP contribution in [-0.2, 0) is 0 Å². The first-order valence-electron chi connectivity index (χ1n) is 6.10. The van der Waals surface area contributed by atoms with Gasteiger partial charge >= 0.3 is 0 Å². The summed E-state index contributed by atoms with van der Waals surface area (Å²) in [6.07, 6.45) is 0. The molecule has 0 aromatic heterocycles. The number of rotatable bonds is 6. The van der Waals surface area contributed by atoms with Crippen LogP contribution in [0, 0.1) is 12.3 Å². The van der Waals surface area contributed by atoms with Crippen molar-refractivity contribution in [3.8, 4) is 11.5 Å². The summed E-state index contributed by atoms with van der Waals surface area (Å²) in [5.74, 6) is 1.65. The van der Waals surface area contributed by atoms with E-state index in [-0.39, 0.29) is 5.41 Å². The maximum Gasteiger partial charge on any atom is 0.148 e. The van der Waals surface area contributed by atoms with Crippen LogP contribution in [0.2, 0.25) is 0 Å². The predicted molar refractivity (Wildman–Crippen MR) is 75.6 cm³/mol. The van der Waals surface area contributed by atoms with Crippen LogP contribution in [0.4, 0.5) is 5.69 Å². The third-order valence-electron chi connectivity index (χ3n) is 3.09. The molecule has 1 aromatic rings. The molecule has 0 atom stereocenters. The minimum Gasteiger partial charge on any atom is -0.496 e. The average Bonchev–Trinajstić information content (AvgIpc) is 2.36. The van der Waals surface area contributed by atoms with E-state index < -0.39 is 0 Å². The fraction of sp³-hybridized carbons (Fsp3) is 0.571. The molecule has 0 saturated heterocycles. The minimum atomic E-state index is 0.0544. The fourth-order valence-corrected chi connectivity index (χ4v) is 1.70. The van der Waals surface area contributed by atoms with E-state index in [0.29, 0.717) is 6.54 Å². The Morgan fingerprint density at radius 2 is 1.89 bits per heavy atom. The molecule has 0 aliphatic rings. The lowest BCUT2D eigenvalue weighted by Crippen LogP contribution is -2.31. The summed E-state index contributed by atoms with van der Waals surface area (Å²) < 4.78 is 10.7. The summed E-state index contributed by atoms with van der Waals surface area (Å²) in [4.78, 5) is 0. The number of ether oxygens (including phenoxy) is 2. The zero-order valence-corrected chi connectivity index (χ0v) is 12.0. The van der Waals surface area contributed by atoms with E-state index in [9.17, 15) is 0 Å². The molecule has 0 spiro atoms. The number of benzene rings is 1. The van der Waals surface area contributed by atoms with Crippen molar-refractivity contribution in [1.29, 1.82) is 0 Å². The van der Waals surface area contributed by atoms with Crippen LogP contribution in [0.25, 0.3) is 0 Å². The van der Waals surface area contributed by atoms with Crippen LogP contribution in [0.5, 0.6) is 11.5 Å². The maximum atomic E-state index is 5.73.